The van der Waals surface area contributed by atoms with Crippen LogP contribution in [0, 0.1) is 0 Å². The molecule has 0 bridgehead atoms. The fourth-order valence-corrected chi connectivity index (χ4v) is 5.70. The number of methoxy groups -OCH3 is 1. The Balaban J connectivity index is 2.05. The molecule has 1 fully saturated rings. The van der Waals surface area contributed by atoms with Gasteiger partial charge in [-0.3, -0.25) is 9.10 Å². The molecule has 2 aromatic carbocycles. The van der Waals surface area contributed by atoms with E-state index in [1.807, 2.05) is 13.8 Å². The van der Waals surface area contributed by atoms with Gasteiger partial charge in [0.2, 0.25) is 5.91 Å². The molecule has 2 unspecified atom stereocenters. The van der Waals surface area contributed by atoms with E-state index in [-0.39, 0.29) is 38.7 Å². The number of hydrogen-bond acceptors (Lipinski definition) is 5. The summed E-state index contributed by atoms with van der Waals surface area (Å²) < 4.78 is 39.4. The number of carbonyl (C=O) groups excluding carboxylic acids is 1. The highest BCUT2D eigenvalue weighted by atomic mass is 35.5. The summed E-state index contributed by atoms with van der Waals surface area (Å²) >= 11 is 12.2. The van der Waals surface area contributed by atoms with Crippen LogP contribution in [0.15, 0.2) is 47.4 Å². The lowest BCUT2D eigenvalue weighted by Crippen LogP contribution is -2.51. The van der Waals surface area contributed by atoms with Crippen molar-refractivity contribution in [1.82, 2.24) is 4.90 Å². The van der Waals surface area contributed by atoms with Gasteiger partial charge in [-0.25, -0.2) is 8.42 Å². The molecule has 0 saturated carbocycles. The molecule has 7 nitrogen and oxygen atoms in total. The molecule has 3 rings (SSSR count). The second kappa shape index (κ2) is 9.65. The van der Waals surface area contributed by atoms with E-state index in [0.717, 1.165) is 4.31 Å². The number of carbonyl (C=O) groups is 1. The number of ether oxygens (including phenoxy) is 2. The van der Waals surface area contributed by atoms with Gasteiger partial charge in [0.1, 0.15) is 17.2 Å². The quantitative estimate of drug-likeness (QED) is 0.619. The Morgan fingerprint density at radius 1 is 1.16 bits per heavy atom. The molecule has 1 aliphatic heterocycles. The number of anilines is 1. The van der Waals surface area contributed by atoms with Crippen LogP contribution < -0.4 is 9.04 Å². The molecule has 1 heterocycles. The van der Waals surface area contributed by atoms with Crippen LogP contribution in [-0.4, -0.2) is 58.2 Å². The Hall–Kier alpha value is -2.00. The van der Waals surface area contributed by atoms with Crippen molar-refractivity contribution in [3.05, 3.63) is 52.5 Å². The molecule has 31 heavy (non-hydrogen) atoms. The van der Waals surface area contributed by atoms with Gasteiger partial charge >= 0.3 is 0 Å². The molecule has 168 valence electrons. The van der Waals surface area contributed by atoms with Crippen molar-refractivity contribution in [2.24, 2.45) is 0 Å². The summed E-state index contributed by atoms with van der Waals surface area (Å²) in [6.45, 7) is 4.07. The predicted molar refractivity (Wildman–Crippen MR) is 121 cm³/mol. The number of nitrogens with zero attached hydrogens (tertiary/aromatic N) is 2. The third kappa shape index (κ3) is 5.26. The largest absolute Gasteiger partial charge is 0.495 e. The van der Waals surface area contributed by atoms with Crippen LogP contribution >= 0.6 is 23.2 Å². The summed E-state index contributed by atoms with van der Waals surface area (Å²) in [5.41, 5.74) is 0.226. The fraction of sp³-hybridized carbons (Fsp3) is 0.381. The van der Waals surface area contributed by atoms with Crippen molar-refractivity contribution < 1.29 is 22.7 Å². The number of halogens is 2. The Kier molecular flexibility index (Phi) is 7.36. The van der Waals surface area contributed by atoms with Gasteiger partial charge in [-0.1, -0.05) is 35.3 Å². The smallest absolute Gasteiger partial charge is 0.266 e. The summed E-state index contributed by atoms with van der Waals surface area (Å²) in [4.78, 5) is 14.6. The van der Waals surface area contributed by atoms with Crippen LogP contribution in [-0.2, 0) is 19.6 Å². The van der Waals surface area contributed by atoms with Crippen LogP contribution in [0.3, 0.4) is 0 Å². The number of morpholine rings is 1. The van der Waals surface area contributed by atoms with Crippen molar-refractivity contribution in [2.45, 2.75) is 31.0 Å². The normalized spacial score (nSPS) is 19.2. The Morgan fingerprint density at radius 2 is 1.81 bits per heavy atom. The van der Waals surface area contributed by atoms with Crippen molar-refractivity contribution >= 4 is 44.8 Å². The molecule has 10 heteroatoms. The first kappa shape index (κ1) is 23.7. The molecule has 0 N–H and O–H groups in total. The van der Waals surface area contributed by atoms with E-state index in [9.17, 15) is 13.2 Å². The SMILES string of the molecule is COc1ccccc1N(CC(=O)N1CC(C)OC(C)C1)S(=O)(=O)c1cc(Cl)ccc1Cl. The number of sulfonamides is 1. The lowest BCUT2D eigenvalue weighted by Gasteiger charge is -2.36. The van der Waals surface area contributed by atoms with Gasteiger partial charge in [0.15, 0.2) is 0 Å². The summed E-state index contributed by atoms with van der Waals surface area (Å²) in [7, 11) is -2.81. The highest BCUT2D eigenvalue weighted by Crippen LogP contribution is 2.35. The monoisotopic (exact) mass is 486 g/mol. The van der Waals surface area contributed by atoms with E-state index < -0.39 is 16.6 Å². The maximum atomic E-state index is 13.7. The Bertz CT molecular complexity index is 1050. The summed E-state index contributed by atoms with van der Waals surface area (Å²) in [6, 6.07) is 10.8. The Labute approximate surface area is 192 Å². The van der Waals surface area contributed by atoms with E-state index in [4.69, 9.17) is 32.7 Å². The highest BCUT2D eigenvalue weighted by molar-refractivity contribution is 7.93. The zero-order chi connectivity index (χ0) is 22.8. The van der Waals surface area contributed by atoms with Gasteiger partial charge in [-0.2, -0.15) is 0 Å². The van der Waals surface area contributed by atoms with E-state index in [1.54, 1.807) is 29.2 Å². The highest BCUT2D eigenvalue weighted by Gasteiger charge is 2.34. The number of para-hydroxylation sites is 2. The second-order valence-corrected chi connectivity index (χ2v) is 9.99. The number of hydrogen-bond donors (Lipinski definition) is 0. The minimum Gasteiger partial charge on any atom is -0.495 e. The van der Waals surface area contributed by atoms with Gasteiger partial charge in [0, 0.05) is 18.1 Å². The maximum absolute atomic E-state index is 13.7. The van der Waals surface area contributed by atoms with Crippen LogP contribution in [0.4, 0.5) is 5.69 Å². The van der Waals surface area contributed by atoms with Gasteiger partial charge < -0.3 is 14.4 Å². The number of rotatable bonds is 6. The lowest BCUT2D eigenvalue weighted by molar-refractivity contribution is -0.141. The third-order valence-corrected chi connectivity index (χ3v) is 7.34. The van der Waals surface area contributed by atoms with Crippen molar-refractivity contribution in [1.29, 1.82) is 0 Å². The van der Waals surface area contributed by atoms with E-state index in [2.05, 4.69) is 0 Å². The van der Waals surface area contributed by atoms with Crippen molar-refractivity contribution in [2.75, 3.05) is 31.0 Å². The molecular formula is C21H24Cl2N2O5S. The second-order valence-electron chi connectivity index (χ2n) is 7.31. The minimum atomic E-state index is -4.24. The van der Waals surface area contributed by atoms with E-state index in [1.165, 1.54) is 25.3 Å². The van der Waals surface area contributed by atoms with Gasteiger partial charge in [-0.15, -0.1) is 0 Å². The molecular weight excluding hydrogens is 463 g/mol. The molecule has 2 aromatic rings. The zero-order valence-electron chi connectivity index (χ0n) is 17.4. The third-order valence-electron chi connectivity index (χ3n) is 4.87. The number of amides is 1. The molecule has 1 aliphatic rings. The zero-order valence-corrected chi connectivity index (χ0v) is 19.7. The van der Waals surface area contributed by atoms with Crippen LogP contribution in [0.5, 0.6) is 5.75 Å². The van der Waals surface area contributed by atoms with Crippen LogP contribution in [0.1, 0.15) is 13.8 Å². The molecule has 2 atom stereocenters. The van der Waals surface area contributed by atoms with Gasteiger partial charge in [0.25, 0.3) is 10.0 Å². The molecule has 0 radical (unpaired) electrons. The predicted octanol–water partition coefficient (Wildman–Crippen LogP) is 3.83. The summed E-state index contributed by atoms with van der Waals surface area (Å²) in [5, 5.41) is 0.218. The van der Waals surface area contributed by atoms with Crippen LogP contribution in [0.25, 0.3) is 0 Å². The first-order valence-corrected chi connectivity index (χ1v) is 11.9. The standard InChI is InChI=1S/C21H24Cl2N2O5S/c1-14-11-24(12-15(2)30-14)21(26)13-25(18-6-4-5-7-19(18)29-3)31(27,28)20-10-16(22)8-9-17(20)23/h4-10,14-15H,11-13H2,1-3H3. The fourth-order valence-electron chi connectivity index (χ4n) is 3.53. The van der Waals surface area contributed by atoms with Crippen molar-refractivity contribution in [3.63, 3.8) is 0 Å². The number of benzene rings is 2. The van der Waals surface area contributed by atoms with Crippen molar-refractivity contribution in [3.8, 4) is 5.75 Å². The summed E-state index contributed by atoms with van der Waals surface area (Å²) in [5.74, 6) is -0.0460. The first-order valence-electron chi connectivity index (χ1n) is 9.67. The summed E-state index contributed by atoms with van der Waals surface area (Å²) in [6.07, 6.45) is -0.294. The first-order chi connectivity index (χ1) is 14.6. The van der Waals surface area contributed by atoms with Crippen LogP contribution in [0.2, 0.25) is 10.0 Å². The molecule has 0 aromatic heterocycles. The molecule has 1 saturated heterocycles. The minimum absolute atomic E-state index is 0.00497. The maximum Gasteiger partial charge on any atom is 0.266 e. The molecule has 1 amide bonds. The van der Waals surface area contributed by atoms with E-state index >= 15 is 0 Å². The van der Waals surface area contributed by atoms with Gasteiger partial charge in [0.05, 0.1) is 30.0 Å². The Morgan fingerprint density at radius 3 is 2.45 bits per heavy atom. The topological polar surface area (TPSA) is 76.2 Å². The van der Waals surface area contributed by atoms with Gasteiger partial charge in [-0.05, 0) is 44.2 Å². The van der Waals surface area contributed by atoms with E-state index in [0.29, 0.717) is 18.8 Å². The average molecular weight is 487 g/mol. The lowest BCUT2D eigenvalue weighted by atomic mass is 10.2. The molecule has 0 aliphatic carbocycles. The average Bonchev–Trinajstić information content (AvgIpc) is 2.72. The molecule has 0 spiro atoms.